The lowest BCUT2D eigenvalue weighted by Crippen LogP contribution is -2.25. The van der Waals surface area contributed by atoms with Crippen molar-refractivity contribution in [1.29, 1.82) is 5.26 Å². The molecule has 35 heavy (non-hydrogen) atoms. The van der Waals surface area contributed by atoms with Gasteiger partial charge in [0, 0.05) is 25.5 Å². The van der Waals surface area contributed by atoms with Crippen LogP contribution in [0.15, 0.2) is 34.2 Å². The van der Waals surface area contributed by atoms with E-state index in [1.54, 1.807) is 18.2 Å². The molecule has 1 aliphatic heterocycles. The van der Waals surface area contributed by atoms with Gasteiger partial charge in [-0.3, -0.25) is 14.2 Å². The summed E-state index contributed by atoms with van der Waals surface area (Å²) in [6, 6.07) is 9.30. The Kier molecular flexibility index (Phi) is 7.90. The molecule has 9 nitrogen and oxygen atoms in total. The van der Waals surface area contributed by atoms with Gasteiger partial charge in [0.1, 0.15) is 11.9 Å². The molecule has 0 radical (unpaired) electrons. The minimum Gasteiger partial charge on any atom is -0.396 e. The number of aromatic nitrogens is 3. The number of nitrogens with one attached hydrogen (secondary N) is 1. The van der Waals surface area contributed by atoms with E-state index in [9.17, 15) is 20.0 Å². The lowest BCUT2D eigenvalue weighted by atomic mass is 10.2. The van der Waals surface area contributed by atoms with Crippen LogP contribution < -0.4 is 10.9 Å². The quantitative estimate of drug-likeness (QED) is 0.346. The Morgan fingerprint density at radius 1 is 1.34 bits per heavy atom. The Hall–Kier alpha value is -3.13. The van der Waals surface area contributed by atoms with Crippen molar-refractivity contribution in [3.8, 4) is 6.07 Å². The summed E-state index contributed by atoms with van der Waals surface area (Å²) < 4.78 is 9.23. The number of nitriles is 1. The first-order chi connectivity index (χ1) is 16.9. The van der Waals surface area contributed by atoms with Crippen molar-refractivity contribution in [1.82, 2.24) is 14.1 Å². The van der Waals surface area contributed by atoms with Crippen molar-refractivity contribution in [2.75, 3.05) is 24.3 Å². The van der Waals surface area contributed by atoms with Gasteiger partial charge in [-0.2, -0.15) is 5.26 Å². The number of thioether (sulfide) groups is 1. The number of nitrogens with zero attached hydrogens (tertiary/aromatic N) is 4. The molecule has 1 saturated heterocycles. The van der Waals surface area contributed by atoms with E-state index in [0.717, 1.165) is 42.5 Å². The van der Waals surface area contributed by atoms with Gasteiger partial charge >= 0.3 is 0 Å². The van der Waals surface area contributed by atoms with Crippen LogP contribution in [0.1, 0.15) is 36.1 Å². The Morgan fingerprint density at radius 2 is 2.14 bits per heavy atom. The van der Waals surface area contributed by atoms with Crippen molar-refractivity contribution in [3.63, 3.8) is 0 Å². The van der Waals surface area contributed by atoms with Crippen LogP contribution in [0.25, 0.3) is 10.9 Å². The molecule has 1 aromatic carbocycles. The van der Waals surface area contributed by atoms with E-state index in [2.05, 4.69) is 16.4 Å². The first kappa shape index (κ1) is 25.0. The van der Waals surface area contributed by atoms with Crippen molar-refractivity contribution >= 4 is 34.4 Å². The molecular formula is C25H29N5O4S. The minimum absolute atomic E-state index is 0.0119. The van der Waals surface area contributed by atoms with Crippen molar-refractivity contribution in [2.24, 2.45) is 0 Å². The summed E-state index contributed by atoms with van der Waals surface area (Å²) in [6.45, 7) is 5.37. The molecule has 4 rings (SSSR count). The van der Waals surface area contributed by atoms with Crippen LogP contribution in [0.4, 0.5) is 5.82 Å². The van der Waals surface area contributed by atoms with Gasteiger partial charge in [-0.25, -0.2) is 4.98 Å². The number of aliphatic hydroxyl groups excluding tert-OH is 1. The van der Waals surface area contributed by atoms with Crippen LogP contribution in [0.2, 0.25) is 0 Å². The SMILES string of the molecule is Cc1c(C#N)c(NC(=O)CSc2nc3ccccc3c(=O)n2CCCO)n(CC2CCCO2)c1C. The molecular weight excluding hydrogens is 466 g/mol. The summed E-state index contributed by atoms with van der Waals surface area (Å²) in [7, 11) is 0. The Balaban J connectivity index is 1.56. The number of hydrogen-bond acceptors (Lipinski definition) is 7. The van der Waals surface area contributed by atoms with Crippen molar-refractivity contribution in [3.05, 3.63) is 51.4 Å². The average Bonchev–Trinajstić information content (AvgIpc) is 3.45. The summed E-state index contributed by atoms with van der Waals surface area (Å²) in [6.07, 6.45) is 2.41. The zero-order chi connectivity index (χ0) is 24.9. The summed E-state index contributed by atoms with van der Waals surface area (Å²) >= 11 is 1.16. The Labute approximate surface area is 207 Å². The number of anilines is 1. The number of aliphatic hydroxyl groups is 1. The van der Waals surface area contributed by atoms with E-state index < -0.39 is 0 Å². The van der Waals surface area contributed by atoms with Gasteiger partial charge in [0.2, 0.25) is 5.91 Å². The van der Waals surface area contributed by atoms with Gasteiger partial charge in [0.15, 0.2) is 5.16 Å². The molecule has 2 N–H and O–H groups in total. The van der Waals surface area contributed by atoms with Crippen LogP contribution in [0.5, 0.6) is 0 Å². The number of benzene rings is 1. The van der Waals surface area contributed by atoms with Gasteiger partial charge in [0.05, 0.1) is 34.9 Å². The Morgan fingerprint density at radius 3 is 2.86 bits per heavy atom. The normalized spacial score (nSPS) is 15.4. The lowest BCUT2D eigenvalue weighted by Gasteiger charge is -2.17. The molecule has 0 saturated carbocycles. The Bertz CT molecular complexity index is 1330. The van der Waals surface area contributed by atoms with Crippen LogP contribution in [0.3, 0.4) is 0 Å². The number of amides is 1. The molecule has 1 amide bonds. The van der Waals surface area contributed by atoms with Crippen molar-refractivity contribution < 1.29 is 14.6 Å². The number of carbonyl (C=O) groups is 1. The van der Waals surface area contributed by atoms with Crippen LogP contribution in [-0.4, -0.2) is 50.2 Å². The van der Waals surface area contributed by atoms with E-state index in [1.807, 2.05) is 24.5 Å². The third-order valence-electron chi connectivity index (χ3n) is 6.31. The number of para-hydroxylation sites is 1. The number of hydrogen-bond donors (Lipinski definition) is 2. The second-order valence-corrected chi connectivity index (χ2v) is 9.52. The van der Waals surface area contributed by atoms with E-state index in [1.165, 1.54) is 4.57 Å². The van der Waals surface area contributed by atoms with Crippen LogP contribution in [-0.2, 0) is 22.6 Å². The van der Waals surface area contributed by atoms with E-state index in [-0.39, 0.29) is 29.9 Å². The largest absolute Gasteiger partial charge is 0.396 e. The fourth-order valence-electron chi connectivity index (χ4n) is 4.33. The zero-order valence-corrected chi connectivity index (χ0v) is 20.7. The van der Waals surface area contributed by atoms with Gasteiger partial charge in [0.25, 0.3) is 5.56 Å². The highest BCUT2D eigenvalue weighted by Crippen LogP contribution is 2.29. The highest BCUT2D eigenvalue weighted by molar-refractivity contribution is 7.99. The first-order valence-electron chi connectivity index (χ1n) is 11.7. The molecule has 0 spiro atoms. The molecule has 10 heteroatoms. The predicted octanol–water partition coefficient (Wildman–Crippen LogP) is 2.98. The standard InChI is InChI=1S/C25H29N5O4S/c1-16-17(2)30(14-18-7-5-12-34-18)23(20(16)13-26)28-22(32)15-35-25-27-21-9-4-3-8-19(21)24(33)29(25)10-6-11-31/h3-4,8-9,18,31H,5-7,10-12,14-15H2,1-2H3,(H,28,32). The summed E-state index contributed by atoms with van der Waals surface area (Å²) in [4.78, 5) is 30.6. The summed E-state index contributed by atoms with van der Waals surface area (Å²) in [5.41, 5.74) is 2.57. The van der Waals surface area contributed by atoms with Gasteiger partial charge in [-0.1, -0.05) is 23.9 Å². The topological polar surface area (TPSA) is 122 Å². The molecule has 0 bridgehead atoms. The highest BCUT2D eigenvalue weighted by atomic mass is 32.2. The van der Waals surface area contributed by atoms with E-state index in [0.29, 0.717) is 47.0 Å². The maximum atomic E-state index is 13.0. The maximum absolute atomic E-state index is 13.0. The smallest absolute Gasteiger partial charge is 0.262 e. The molecule has 1 fully saturated rings. The average molecular weight is 496 g/mol. The molecule has 3 aromatic rings. The van der Waals surface area contributed by atoms with E-state index in [4.69, 9.17) is 4.74 Å². The number of rotatable bonds is 9. The van der Waals surface area contributed by atoms with Gasteiger partial charge in [-0.05, 0) is 50.8 Å². The third kappa shape index (κ3) is 5.27. The summed E-state index contributed by atoms with van der Waals surface area (Å²) in [5.74, 6) is 0.194. The third-order valence-corrected chi connectivity index (χ3v) is 7.28. The second kappa shape index (κ2) is 11.1. The van der Waals surface area contributed by atoms with E-state index >= 15 is 0 Å². The first-order valence-corrected chi connectivity index (χ1v) is 12.7. The predicted molar refractivity (Wildman–Crippen MR) is 135 cm³/mol. The zero-order valence-electron chi connectivity index (χ0n) is 19.9. The molecule has 0 aliphatic carbocycles. The number of carbonyl (C=O) groups excluding carboxylic acids is 1. The number of ether oxygens (including phenoxy) is 1. The molecule has 1 aliphatic rings. The fraction of sp³-hybridized carbons (Fsp3) is 0.440. The molecule has 1 atom stereocenters. The van der Waals surface area contributed by atoms with Crippen LogP contribution in [0, 0.1) is 25.2 Å². The lowest BCUT2D eigenvalue weighted by molar-refractivity contribution is -0.113. The van der Waals surface area contributed by atoms with Crippen LogP contribution >= 0.6 is 11.8 Å². The maximum Gasteiger partial charge on any atom is 0.262 e. The number of fused-ring (bicyclic) bond motifs is 1. The summed E-state index contributed by atoms with van der Waals surface area (Å²) in [5, 5.41) is 22.8. The minimum atomic E-state index is -0.297. The second-order valence-electron chi connectivity index (χ2n) is 8.57. The highest BCUT2D eigenvalue weighted by Gasteiger charge is 2.24. The molecule has 2 aromatic heterocycles. The monoisotopic (exact) mass is 495 g/mol. The molecule has 3 heterocycles. The van der Waals surface area contributed by atoms with Crippen molar-refractivity contribution in [2.45, 2.75) is 57.5 Å². The molecule has 184 valence electrons. The van der Waals surface area contributed by atoms with Gasteiger partial charge in [-0.15, -0.1) is 0 Å². The molecule has 1 unspecified atom stereocenters. The van der Waals surface area contributed by atoms with Gasteiger partial charge < -0.3 is 19.7 Å². The fourth-order valence-corrected chi connectivity index (χ4v) is 5.16.